The number of rotatable bonds is 9. The highest BCUT2D eigenvalue weighted by molar-refractivity contribution is 6.03. The topological polar surface area (TPSA) is 121 Å². The lowest BCUT2D eigenvalue weighted by Gasteiger charge is -2.39. The van der Waals surface area contributed by atoms with Gasteiger partial charge in [0.05, 0.1) is 49.9 Å². The maximum atomic E-state index is 14.5. The summed E-state index contributed by atoms with van der Waals surface area (Å²) >= 11 is 0. The molecule has 15 heteroatoms. The molecule has 264 valence electrons. The number of hydrogen-bond acceptors (Lipinski definition) is 8. The van der Waals surface area contributed by atoms with E-state index in [1.807, 2.05) is 0 Å². The Bertz CT molecular complexity index is 1940. The van der Waals surface area contributed by atoms with Gasteiger partial charge in [-0.2, -0.15) is 0 Å². The van der Waals surface area contributed by atoms with E-state index < -0.39 is 35.1 Å². The quantitative estimate of drug-likeness (QED) is 0.262. The number of fused-ring (bicyclic) bond motifs is 1. The average molecular weight is 694 g/mol. The number of aromatic nitrogens is 2. The van der Waals surface area contributed by atoms with Gasteiger partial charge in [0.15, 0.2) is 17.5 Å². The molecule has 2 aliphatic heterocycles. The first-order chi connectivity index (χ1) is 24.1. The molecule has 0 spiro atoms. The molecule has 2 fully saturated rings. The van der Waals surface area contributed by atoms with E-state index in [9.17, 15) is 27.6 Å². The van der Waals surface area contributed by atoms with Gasteiger partial charge in [0.2, 0.25) is 5.91 Å². The highest BCUT2D eigenvalue weighted by Crippen LogP contribution is 2.37. The second-order valence-electron chi connectivity index (χ2n) is 12.2. The Morgan fingerprint density at radius 1 is 1.00 bits per heavy atom. The van der Waals surface area contributed by atoms with E-state index in [-0.39, 0.29) is 58.9 Å². The van der Waals surface area contributed by atoms with Crippen LogP contribution in [0.4, 0.5) is 29.3 Å². The van der Waals surface area contributed by atoms with Gasteiger partial charge in [0, 0.05) is 43.4 Å². The largest absolute Gasteiger partial charge is 0.497 e. The number of ether oxygens (including phenoxy) is 2. The van der Waals surface area contributed by atoms with E-state index in [0.29, 0.717) is 25.3 Å². The van der Waals surface area contributed by atoms with Crippen molar-refractivity contribution in [2.24, 2.45) is 0 Å². The predicted molar refractivity (Wildman–Crippen MR) is 182 cm³/mol. The second-order valence-corrected chi connectivity index (χ2v) is 12.2. The minimum absolute atomic E-state index is 0.00871. The number of anilines is 2. The predicted octanol–water partition coefficient (Wildman–Crippen LogP) is 4.55. The SMILES string of the molecule is COc1ccc(N(C(=O)Nc2ccc(F)cc2)C(C)c2nc3cc(F)c(F)cc3c(=O)n2N2CCN(C(=O)CC3CCCN3)CC2)c(OC)c1. The summed E-state index contributed by atoms with van der Waals surface area (Å²) in [6, 6.07) is 10.0. The zero-order chi connectivity index (χ0) is 35.5. The minimum Gasteiger partial charge on any atom is -0.497 e. The molecule has 2 saturated heterocycles. The Morgan fingerprint density at radius 2 is 1.72 bits per heavy atom. The van der Waals surface area contributed by atoms with Crippen molar-refractivity contribution in [2.75, 3.05) is 62.2 Å². The first-order valence-electron chi connectivity index (χ1n) is 16.3. The van der Waals surface area contributed by atoms with Crippen molar-refractivity contribution >= 4 is 34.2 Å². The highest BCUT2D eigenvalue weighted by Gasteiger charge is 2.33. The summed E-state index contributed by atoms with van der Waals surface area (Å²) in [6.45, 7) is 3.59. The molecule has 1 aromatic heterocycles. The normalized spacial score (nSPS) is 16.7. The molecule has 0 aliphatic carbocycles. The number of urea groups is 1. The van der Waals surface area contributed by atoms with Crippen molar-refractivity contribution in [3.05, 3.63) is 88.2 Å². The Labute approximate surface area is 286 Å². The first kappa shape index (κ1) is 34.5. The number of benzene rings is 3. The van der Waals surface area contributed by atoms with Crippen LogP contribution in [0.25, 0.3) is 10.9 Å². The van der Waals surface area contributed by atoms with Gasteiger partial charge in [0.25, 0.3) is 5.56 Å². The highest BCUT2D eigenvalue weighted by atomic mass is 19.2. The number of piperazine rings is 1. The summed E-state index contributed by atoms with van der Waals surface area (Å²) in [5.74, 6) is -2.14. The van der Waals surface area contributed by atoms with Gasteiger partial charge in [-0.1, -0.05) is 0 Å². The molecule has 2 atom stereocenters. The van der Waals surface area contributed by atoms with Crippen LogP contribution in [0.1, 0.15) is 38.1 Å². The fraction of sp³-hybridized carbons (Fsp3) is 0.371. The maximum absolute atomic E-state index is 14.5. The Hall–Kier alpha value is -5.31. The lowest BCUT2D eigenvalue weighted by atomic mass is 10.1. The third-order valence-corrected chi connectivity index (χ3v) is 9.11. The van der Waals surface area contributed by atoms with E-state index in [0.717, 1.165) is 31.5 Å². The van der Waals surface area contributed by atoms with Crippen LogP contribution in [0.15, 0.2) is 59.4 Å². The van der Waals surface area contributed by atoms with Crippen LogP contribution in [0, 0.1) is 17.5 Å². The standard InChI is InChI=1S/C35H38F3N7O5/c1-21(44(30-11-10-25(49-2)18-31(30)50-3)35(48)40-23-8-6-22(36)7-9-23)33-41-29-20-28(38)27(37)19-26(29)34(47)45(33)43-15-13-42(14-16-43)32(46)17-24-5-4-12-39-24/h6-11,18-21,24,39H,4-5,12-17H2,1-3H3,(H,40,48). The Morgan fingerprint density at radius 3 is 2.38 bits per heavy atom. The van der Waals surface area contributed by atoms with Crippen molar-refractivity contribution in [1.29, 1.82) is 0 Å². The number of nitrogens with one attached hydrogen (secondary N) is 2. The molecule has 3 heterocycles. The van der Waals surface area contributed by atoms with Crippen LogP contribution >= 0.6 is 0 Å². The van der Waals surface area contributed by atoms with Crippen LogP contribution < -0.4 is 35.6 Å². The van der Waals surface area contributed by atoms with Crippen LogP contribution in [-0.4, -0.2) is 79.5 Å². The summed E-state index contributed by atoms with van der Waals surface area (Å²) < 4.78 is 55.0. The van der Waals surface area contributed by atoms with Crippen molar-refractivity contribution < 1.29 is 32.2 Å². The van der Waals surface area contributed by atoms with E-state index in [4.69, 9.17) is 9.47 Å². The summed E-state index contributed by atoms with van der Waals surface area (Å²) in [4.78, 5) is 49.2. The van der Waals surface area contributed by atoms with Gasteiger partial charge in [-0.25, -0.2) is 27.6 Å². The number of carbonyl (C=O) groups is 2. The number of carbonyl (C=O) groups excluding carboxylic acids is 2. The molecule has 6 rings (SSSR count). The molecule has 0 radical (unpaired) electrons. The molecule has 3 amide bonds. The first-order valence-corrected chi connectivity index (χ1v) is 16.3. The zero-order valence-electron chi connectivity index (χ0n) is 27.9. The molecule has 3 aromatic carbocycles. The van der Waals surface area contributed by atoms with Gasteiger partial charge in [-0.3, -0.25) is 14.5 Å². The second kappa shape index (κ2) is 14.7. The van der Waals surface area contributed by atoms with Gasteiger partial charge >= 0.3 is 6.03 Å². The van der Waals surface area contributed by atoms with Crippen LogP contribution in [0.2, 0.25) is 0 Å². The van der Waals surface area contributed by atoms with Crippen LogP contribution in [-0.2, 0) is 4.79 Å². The van der Waals surface area contributed by atoms with Crippen molar-refractivity contribution in [3.63, 3.8) is 0 Å². The molecular formula is C35H38F3N7O5. The van der Waals surface area contributed by atoms with Crippen LogP contribution in [0.3, 0.4) is 0 Å². The van der Waals surface area contributed by atoms with Gasteiger partial charge < -0.3 is 30.0 Å². The van der Waals surface area contributed by atoms with Crippen molar-refractivity contribution in [2.45, 2.75) is 38.3 Å². The summed E-state index contributed by atoms with van der Waals surface area (Å²) in [7, 11) is 2.90. The number of nitrogens with zero attached hydrogens (tertiary/aromatic N) is 5. The van der Waals surface area contributed by atoms with Crippen molar-refractivity contribution in [3.8, 4) is 11.5 Å². The van der Waals surface area contributed by atoms with Crippen LogP contribution in [0.5, 0.6) is 11.5 Å². The smallest absolute Gasteiger partial charge is 0.327 e. The van der Waals surface area contributed by atoms with Gasteiger partial charge in [-0.05, 0) is 68.8 Å². The molecular weight excluding hydrogens is 655 g/mol. The lowest BCUT2D eigenvalue weighted by Crippen LogP contribution is -2.57. The molecule has 0 saturated carbocycles. The Balaban J connectivity index is 1.43. The molecule has 50 heavy (non-hydrogen) atoms. The molecule has 0 bridgehead atoms. The lowest BCUT2D eigenvalue weighted by molar-refractivity contribution is -0.132. The third kappa shape index (κ3) is 7.04. The maximum Gasteiger partial charge on any atom is 0.327 e. The van der Waals surface area contributed by atoms with E-state index in [1.165, 1.54) is 48.1 Å². The summed E-state index contributed by atoms with van der Waals surface area (Å²) in [5, 5.41) is 7.64. The molecule has 2 unspecified atom stereocenters. The fourth-order valence-electron chi connectivity index (χ4n) is 6.46. The van der Waals surface area contributed by atoms with Crippen molar-refractivity contribution in [1.82, 2.24) is 19.9 Å². The number of amides is 3. The number of methoxy groups -OCH3 is 2. The molecule has 12 nitrogen and oxygen atoms in total. The minimum atomic E-state index is -1.21. The molecule has 2 aliphatic rings. The average Bonchev–Trinajstić information content (AvgIpc) is 3.63. The van der Waals surface area contributed by atoms with E-state index in [2.05, 4.69) is 15.6 Å². The third-order valence-electron chi connectivity index (χ3n) is 9.11. The van der Waals surface area contributed by atoms with E-state index in [1.54, 1.807) is 35.0 Å². The number of halogens is 3. The van der Waals surface area contributed by atoms with Gasteiger partial charge in [-0.15, -0.1) is 0 Å². The monoisotopic (exact) mass is 693 g/mol. The Kier molecular flexibility index (Phi) is 10.1. The zero-order valence-corrected chi connectivity index (χ0v) is 27.9. The summed E-state index contributed by atoms with van der Waals surface area (Å²) in [6.07, 6.45) is 2.34. The van der Waals surface area contributed by atoms with E-state index >= 15 is 0 Å². The summed E-state index contributed by atoms with van der Waals surface area (Å²) in [5.41, 5.74) is -0.227. The van der Waals surface area contributed by atoms with Gasteiger partial charge in [0.1, 0.15) is 17.3 Å². The number of hydrogen-bond donors (Lipinski definition) is 2. The fourth-order valence-corrected chi connectivity index (χ4v) is 6.46. The molecule has 4 aromatic rings. The molecule has 2 N–H and O–H groups in total.